The molecule has 1 N–H and O–H groups in total. The van der Waals surface area contributed by atoms with E-state index in [1.165, 1.54) is 17.7 Å². The summed E-state index contributed by atoms with van der Waals surface area (Å²) < 4.78 is 0. The molecule has 0 radical (unpaired) electrons. The number of aliphatic hydroxyl groups excluding tert-OH is 1. The van der Waals surface area contributed by atoms with E-state index in [1.807, 2.05) is 6.92 Å². The van der Waals surface area contributed by atoms with Crippen molar-refractivity contribution in [3.05, 3.63) is 0 Å². The van der Waals surface area contributed by atoms with E-state index in [-0.39, 0.29) is 24.5 Å². The third kappa shape index (κ3) is 2.18. The number of rotatable bonds is 3. The Labute approximate surface area is 108 Å². The number of likely N-dealkylation sites (tertiary alicyclic amines) is 1. The van der Waals surface area contributed by atoms with E-state index in [0.29, 0.717) is 12.8 Å². The van der Waals surface area contributed by atoms with Gasteiger partial charge in [0.1, 0.15) is 0 Å². The number of hydrogen-bond acceptors (Lipinski definition) is 3. The molecule has 1 aliphatic heterocycles. The number of carbonyl (C=O) groups is 2. The monoisotopic (exact) mass is 253 g/mol. The van der Waals surface area contributed by atoms with E-state index in [2.05, 4.69) is 0 Å². The van der Waals surface area contributed by atoms with Gasteiger partial charge in [-0.3, -0.25) is 14.5 Å². The quantitative estimate of drug-likeness (QED) is 0.781. The van der Waals surface area contributed by atoms with E-state index in [9.17, 15) is 14.7 Å². The Morgan fingerprint density at radius 3 is 2.33 bits per heavy atom. The van der Waals surface area contributed by atoms with Gasteiger partial charge in [-0.05, 0) is 19.3 Å². The van der Waals surface area contributed by atoms with Gasteiger partial charge < -0.3 is 5.11 Å². The molecule has 1 saturated heterocycles. The zero-order valence-electron chi connectivity index (χ0n) is 11.2. The van der Waals surface area contributed by atoms with Gasteiger partial charge in [-0.25, -0.2) is 0 Å². The van der Waals surface area contributed by atoms with E-state index in [4.69, 9.17) is 0 Å². The lowest BCUT2D eigenvalue weighted by Crippen LogP contribution is -2.44. The summed E-state index contributed by atoms with van der Waals surface area (Å²) in [4.78, 5) is 26.1. The van der Waals surface area contributed by atoms with Crippen LogP contribution < -0.4 is 0 Å². The molecule has 1 spiro atoms. The highest BCUT2D eigenvalue weighted by Gasteiger charge is 2.52. The summed E-state index contributed by atoms with van der Waals surface area (Å²) in [5.74, 6) is -0.0990. The van der Waals surface area contributed by atoms with Gasteiger partial charge >= 0.3 is 0 Å². The Morgan fingerprint density at radius 2 is 1.83 bits per heavy atom. The Morgan fingerprint density at radius 1 is 1.22 bits per heavy atom. The number of imide groups is 1. The Balaban J connectivity index is 2.21. The molecule has 0 bridgehead atoms. The summed E-state index contributed by atoms with van der Waals surface area (Å²) in [6.45, 7) is 1.78. The fraction of sp³-hybridized carbons (Fsp3) is 0.857. The molecule has 1 heterocycles. The van der Waals surface area contributed by atoms with Crippen LogP contribution in [0.2, 0.25) is 0 Å². The predicted molar refractivity (Wildman–Crippen MR) is 67.8 cm³/mol. The van der Waals surface area contributed by atoms with Crippen molar-refractivity contribution in [3.8, 4) is 0 Å². The molecular formula is C14H23NO3. The zero-order chi connectivity index (χ0) is 13.2. The van der Waals surface area contributed by atoms with Crippen molar-refractivity contribution in [2.45, 2.75) is 64.3 Å². The van der Waals surface area contributed by atoms with Gasteiger partial charge in [0, 0.05) is 6.42 Å². The summed E-state index contributed by atoms with van der Waals surface area (Å²) in [7, 11) is 0. The fourth-order valence-corrected chi connectivity index (χ4v) is 3.38. The molecule has 1 atom stereocenters. The highest BCUT2D eigenvalue weighted by atomic mass is 16.3. The summed E-state index contributed by atoms with van der Waals surface area (Å²) in [6, 6.07) is -0.326. The second-order valence-electron chi connectivity index (χ2n) is 5.68. The second kappa shape index (κ2) is 5.39. The highest BCUT2D eigenvalue weighted by molar-refractivity contribution is 6.06. The minimum absolute atomic E-state index is 0.0182. The predicted octanol–water partition coefficient (Wildman–Crippen LogP) is 1.86. The standard InChI is InChI=1S/C14H23NO3/c1-2-11(10-16)15-12(17)9-14(13(15)18)7-5-3-4-6-8-14/h11,16H,2-10H2,1H3/t11-/m0/s1. The van der Waals surface area contributed by atoms with Crippen LogP contribution in [0.25, 0.3) is 0 Å². The smallest absolute Gasteiger partial charge is 0.236 e. The summed E-state index contributed by atoms with van der Waals surface area (Å²) in [5, 5.41) is 9.32. The molecule has 4 nitrogen and oxygen atoms in total. The molecule has 1 aliphatic carbocycles. The molecular weight excluding hydrogens is 230 g/mol. The van der Waals surface area contributed by atoms with Crippen LogP contribution >= 0.6 is 0 Å². The van der Waals surface area contributed by atoms with Crippen LogP contribution in [0.4, 0.5) is 0 Å². The maximum atomic E-state index is 12.6. The molecule has 2 rings (SSSR count). The first kappa shape index (κ1) is 13.5. The Hall–Kier alpha value is -0.900. The minimum Gasteiger partial charge on any atom is -0.394 e. The normalized spacial score (nSPS) is 25.6. The zero-order valence-corrected chi connectivity index (χ0v) is 11.2. The van der Waals surface area contributed by atoms with Crippen molar-refractivity contribution in [1.82, 2.24) is 4.90 Å². The summed E-state index contributed by atoms with van der Waals surface area (Å²) in [5.41, 5.74) is -0.434. The highest BCUT2D eigenvalue weighted by Crippen LogP contribution is 2.45. The molecule has 2 amide bonds. The van der Waals surface area contributed by atoms with E-state index < -0.39 is 5.41 Å². The van der Waals surface area contributed by atoms with Crippen molar-refractivity contribution in [1.29, 1.82) is 0 Å². The second-order valence-corrected chi connectivity index (χ2v) is 5.68. The minimum atomic E-state index is -0.434. The number of hydrogen-bond donors (Lipinski definition) is 1. The van der Waals surface area contributed by atoms with Gasteiger partial charge in [0.25, 0.3) is 0 Å². The van der Waals surface area contributed by atoms with Gasteiger partial charge in [0.15, 0.2) is 0 Å². The molecule has 0 aromatic carbocycles. The lowest BCUT2D eigenvalue weighted by molar-refractivity contribution is -0.145. The van der Waals surface area contributed by atoms with Crippen molar-refractivity contribution in [3.63, 3.8) is 0 Å². The lowest BCUT2D eigenvalue weighted by atomic mass is 9.79. The van der Waals surface area contributed by atoms with Crippen molar-refractivity contribution in [2.24, 2.45) is 5.41 Å². The largest absolute Gasteiger partial charge is 0.394 e. The van der Waals surface area contributed by atoms with Gasteiger partial charge in [-0.2, -0.15) is 0 Å². The van der Waals surface area contributed by atoms with Crippen LogP contribution in [0.15, 0.2) is 0 Å². The van der Waals surface area contributed by atoms with E-state index in [1.54, 1.807) is 0 Å². The lowest BCUT2D eigenvalue weighted by Gasteiger charge is -2.28. The van der Waals surface area contributed by atoms with Crippen LogP contribution in [-0.4, -0.2) is 34.5 Å². The molecule has 4 heteroatoms. The van der Waals surface area contributed by atoms with Crippen molar-refractivity contribution < 1.29 is 14.7 Å². The SMILES string of the molecule is CC[C@@H](CO)N1C(=O)CC2(CCCCCC2)C1=O. The molecule has 0 aromatic heterocycles. The Bertz CT molecular complexity index is 328. The van der Waals surface area contributed by atoms with Crippen LogP contribution in [0.1, 0.15) is 58.3 Å². The molecule has 1 saturated carbocycles. The number of carbonyl (C=O) groups excluding carboxylic acids is 2. The van der Waals surface area contributed by atoms with Crippen LogP contribution in [0, 0.1) is 5.41 Å². The number of aliphatic hydroxyl groups is 1. The Kier molecular flexibility index (Phi) is 4.05. The summed E-state index contributed by atoms with van der Waals surface area (Å²) >= 11 is 0. The van der Waals surface area contributed by atoms with Crippen LogP contribution in [0.5, 0.6) is 0 Å². The third-order valence-corrected chi connectivity index (χ3v) is 4.54. The fourth-order valence-electron chi connectivity index (χ4n) is 3.38. The van der Waals surface area contributed by atoms with Crippen molar-refractivity contribution >= 4 is 11.8 Å². The van der Waals surface area contributed by atoms with Gasteiger partial charge in [-0.15, -0.1) is 0 Å². The molecule has 102 valence electrons. The maximum absolute atomic E-state index is 12.6. The molecule has 0 aromatic rings. The summed E-state index contributed by atoms with van der Waals surface area (Å²) in [6.07, 6.45) is 7.10. The van der Waals surface area contributed by atoms with Crippen LogP contribution in [-0.2, 0) is 9.59 Å². The van der Waals surface area contributed by atoms with E-state index >= 15 is 0 Å². The first-order chi connectivity index (χ1) is 8.64. The van der Waals surface area contributed by atoms with Crippen molar-refractivity contribution in [2.75, 3.05) is 6.61 Å². The molecule has 0 unspecified atom stereocenters. The van der Waals surface area contributed by atoms with Crippen LogP contribution in [0.3, 0.4) is 0 Å². The van der Waals surface area contributed by atoms with Gasteiger partial charge in [0.05, 0.1) is 18.1 Å². The first-order valence-corrected chi connectivity index (χ1v) is 7.12. The van der Waals surface area contributed by atoms with Gasteiger partial charge in [0.2, 0.25) is 11.8 Å². The molecule has 18 heavy (non-hydrogen) atoms. The average Bonchev–Trinajstić information content (AvgIpc) is 2.56. The number of amides is 2. The molecule has 2 aliphatic rings. The maximum Gasteiger partial charge on any atom is 0.236 e. The van der Waals surface area contributed by atoms with Gasteiger partial charge in [-0.1, -0.05) is 32.6 Å². The topological polar surface area (TPSA) is 57.6 Å². The molecule has 2 fully saturated rings. The van der Waals surface area contributed by atoms with E-state index in [0.717, 1.165) is 25.7 Å². The average molecular weight is 253 g/mol. The number of nitrogens with zero attached hydrogens (tertiary/aromatic N) is 1. The first-order valence-electron chi connectivity index (χ1n) is 7.12. The third-order valence-electron chi connectivity index (χ3n) is 4.54.